The molecule has 0 rings (SSSR count). The van der Waals surface area contributed by atoms with E-state index in [0.29, 0.717) is 12.8 Å². The van der Waals surface area contributed by atoms with Crippen molar-refractivity contribution in [1.82, 2.24) is 0 Å². The second-order valence-electron chi connectivity index (χ2n) is 6.66. The van der Waals surface area contributed by atoms with Gasteiger partial charge in [-0.15, -0.1) is 0 Å². The third-order valence-electron chi connectivity index (χ3n) is 4.47. The first-order valence-corrected chi connectivity index (χ1v) is 11.0. The molecular weight excluding hydrogens is 351 g/mol. The molecule has 0 fully saturated rings. The van der Waals surface area contributed by atoms with E-state index in [0.717, 1.165) is 44.9 Å². The van der Waals surface area contributed by atoms with E-state index in [1.54, 1.807) is 0 Å². The number of aliphatic hydroxyl groups excluding tert-OH is 1. The Bertz CT molecular complexity index is 347. The Morgan fingerprint density at radius 3 is 1.50 bits per heavy atom. The van der Waals surface area contributed by atoms with E-state index in [2.05, 4.69) is 6.92 Å². The predicted molar refractivity (Wildman–Crippen MR) is 95.5 cm³/mol. The van der Waals surface area contributed by atoms with Gasteiger partial charge in [0.1, 0.15) is 0 Å². The summed E-state index contributed by atoms with van der Waals surface area (Å²) in [5.74, 6) is 0. The summed E-state index contributed by atoms with van der Waals surface area (Å²) in [5.41, 5.74) is 0. The van der Waals surface area contributed by atoms with Gasteiger partial charge in [0.25, 0.3) is 0 Å². The van der Waals surface area contributed by atoms with Crippen molar-refractivity contribution in [2.45, 2.75) is 108 Å². The summed E-state index contributed by atoms with van der Waals surface area (Å²) in [6.45, 7) is 2.40. The van der Waals surface area contributed by atoms with Crippen molar-refractivity contribution >= 4 is 10.1 Å². The molecule has 0 heterocycles. The van der Waals surface area contributed by atoms with E-state index in [1.807, 2.05) is 0 Å². The fourth-order valence-electron chi connectivity index (χ4n) is 2.95. The zero-order valence-electron chi connectivity index (χ0n) is 16.0. The van der Waals surface area contributed by atoms with Crippen LogP contribution in [-0.2, 0) is 10.1 Å². The van der Waals surface area contributed by atoms with Crippen molar-refractivity contribution in [2.75, 3.05) is 6.61 Å². The number of hydrogen-bond donors (Lipinski definition) is 1. The largest absolute Gasteiger partial charge is 1.00 e. The third-order valence-corrected chi connectivity index (χ3v) is 5.76. The van der Waals surface area contributed by atoms with Crippen molar-refractivity contribution in [3.8, 4) is 0 Å². The van der Waals surface area contributed by atoms with Gasteiger partial charge in [0.2, 0.25) is 0 Å². The second kappa shape index (κ2) is 19.3. The summed E-state index contributed by atoms with van der Waals surface area (Å²) in [6.07, 6.45) is 15.1. The molecular formula is C18H37KO4S. The van der Waals surface area contributed by atoms with Gasteiger partial charge in [-0.25, -0.2) is 8.42 Å². The molecule has 0 radical (unpaired) electrons. The van der Waals surface area contributed by atoms with Crippen LogP contribution >= 0.6 is 0 Å². The van der Waals surface area contributed by atoms with Crippen molar-refractivity contribution in [2.24, 2.45) is 0 Å². The summed E-state index contributed by atoms with van der Waals surface area (Å²) in [6, 6.07) is 0. The minimum absolute atomic E-state index is 0. The van der Waals surface area contributed by atoms with Gasteiger partial charge in [0.15, 0.2) is 0 Å². The van der Waals surface area contributed by atoms with Gasteiger partial charge < -0.3 is 9.66 Å². The van der Waals surface area contributed by atoms with Crippen LogP contribution in [0.15, 0.2) is 0 Å². The van der Waals surface area contributed by atoms with Crippen molar-refractivity contribution in [3.63, 3.8) is 0 Å². The monoisotopic (exact) mass is 388 g/mol. The predicted octanol–water partition coefficient (Wildman–Crippen LogP) is 1.77. The number of unbranched alkanes of at least 4 members (excludes halogenated alkanes) is 11. The summed E-state index contributed by atoms with van der Waals surface area (Å²) < 4.78 is 34.0. The van der Waals surface area contributed by atoms with Gasteiger partial charge in [0, 0.05) is 11.9 Å². The quantitative estimate of drug-likeness (QED) is 0.234. The summed E-state index contributed by atoms with van der Waals surface area (Å²) in [7, 11) is -4.16. The fraction of sp³-hybridized carbons (Fsp3) is 1.00. The third kappa shape index (κ3) is 18.3. The van der Waals surface area contributed by atoms with Gasteiger partial charge >= 0.3 is 51.4 Å². The average molecular weight is 389 g/mol. The van der Waals surface area contributed by atoms with Gasteiger partial charge in [-0.3, -0.25) is 0 Å². The van der Waals surface area contributed by atoms with Crippen molar-refractivity contribution in [1.29, 1.82) is 0 Å². The summed E-state index contributed by atoms with van der Waals surface area (Å²) >= 11 is 0. The fourth-order valence-corrected chi connectivity index (χ4v) is 3.86. The van der Waals surface area contributed by atoms with Crippen LogP contribution in [0.1, 0.15) is 103 Å². The zero-order chi connectivity index (χ0) is 17.4. The molecule has 0 spiro atoms. The van der Waals surface area contributed by atoms with Crippen LogP contribution in [0.5, 0.6) is 0 Å². The molecule has 0 aromatic carbocycles. The Morgan fingerprint density at radius 1 is 0.750 bits per heavy atom. The van der Waals surface area contributed by atoms with Crippen molar-refractivity contribution < 1.29 is 69.5 Å². The van der Waals surface area contributed by atoms with Crippen LogP contribution in [-0.4, -0.2) is 29.9 Å². The molecule has 4 nitrogen and oxygen atoms in total. The van der Waals surface area contributed by atoms with Gasteiger partial charge in [-0.05, 0) is 19.3 Å². The number of hydrogen-bond acceptors (Lipinski definition) is 4. The van der Waals surface area contributed by atoms with E-state index in [-0.39, 0.29) is 58.0 Å². The maximum Gasteiger partial charge on any atom is 1.00 e. The molecule has 0 aliphatic heterocycles. The molecule has 0 aliphatic rings. The smallest absolute Gasteiger partial charge is 0.748 e. The Balaban J connectivity index is 0. The Kier molecular flexibility index (Phi) is 22.3. The Labute approximate surface area is 192 Å². The van der Waals surface area contributed by atoms with E-state index in [1.165, 1.54) is 38.5 Å². The van der Waals surface area contributed by atoms with Crippen LogP contribution in [0.4, 0.5) is 0 Å². The van der Waals surface area contributed by atoms with Gasteiger partial charge in [-0.2, -0.15) is 0 Å². The zero-order valence-corrected chi connectivity index (χ0v) is 19.9. The summed E-state index contributed by atoms with van der Waals surface area (Å²) in [4.78, 5) is 0. The molecule has 140 valence electrons. The van der Waals surface area contributed by atoms with Crippen molar-refractivity contribution in [3.05, 3.63) is 0 Å². The Hall–Kier alpha value is 1.51. The Morgan fingerprint density at radius 2 is 1.12 bits per heavy atom. The first kappa shape index (κ1) is 27.7. The molecule has 1 unspecified atom stereocenters. The van der Waals surface area contributed by atoms with Crippen LogP contribution < -0.4 is 51.4 Å². The maximum atomic E-state index is 11.3. The molecule has 0 saturated heterocycles. The molecule has 0 amide bonds. The molecule has 0 saturated carbocycles. The molecule has 0 bridgehead atoms. The first-order valence-electron chi connectivity index (χ1n) is 9.58. The second-order valence-corrected chi connectivity index (χ2v) is 8.31. The molecule has 0 aromatic rings. The van der Waals surface area contributed by atoms with E-state index < -0.39 is 15.4 Å². The van der Waals surface area contributed by atoms with Crippen LogP contribution in [0.2, 0.25) is 0 Å². The van der Waals surface area contributed by atoms with E-state index in [9.17, 15) is 13.0 Å². The van der Waals surface area contributed by atoms with Gasteiger partial charge in [-0.1, -0.05) is 84.0 Å². The van der Waals surface area contributed by atoms with Crippen LogP contribution in [0, 0.1) is 0 Å². The number of rotatable bonds is 17. The minimum Gasteiger partial charge on any atom is -0.748 e. The summed E-state index contributed by atoms with van der Waals surface area (Å²) in [5, 5.41) is 8.00. The molecule has 1 N–H and O–H groups in total. The van der Waals surface area contributed by atoms with E-state index >= 15 is 0 Å². The normalized spacial score (nSPS) is 12.8. The SMILES string of the molecule is CCCCCCCCCCCC(CCCCCCO)S(=O)(=O)[O-].[K+]. The van der Waals surface area contributed by atoms with Gasteiger partial charge in [0.05, 0.1) is 10.1 Å². The molecule has 1 atom stereocenters. The molecule has 0 aromatic heterocycles. The maximum absolute atomic E-state index is 11.3. The van der Waals surface area contributed by atoms with E-state index in [4.69, 9.17) is 5.11 Å². The number of aliphatic hydroxyl groups is 1. The standard InChI is InChI=1S/C18H38O4S.K/c1-2-3-4-5-6-7-8-9-12-15-18(23(20,21)22)16-13-10-11-14-17-19;/h18-19H,2-17H2,1H3,(H,20,21,22);/q;+1/p-1. The molecule has 24 heavy (non-hydrogen) atoms. The van der Waals surface area contributed by atoms with Crippen LogP contribution in [0.3, 0.4) is 0 Å². The van der Waals surface area contributed by atoms with Crippen LogP contribution in [0.25, 0.3) is 0 Å². The minimum atomic E-state index is -4.16. The average Bonchev–Trinajstić information content (AvgIpc) is 2.50. The topological polar surface area (TPSA) is 77.4 Å². The first-order chi connectivity index (χ1) is 11.0. The molecule has 0 aliphatic carbocycles. The molecule has 6 heteroatoms.